The Morgan fingerprint density at radius 2 is 2.00 bits per heavy atom. The van der Waals surface area contributed by atoms with Gasteiger partial charge in [-0.15, -0.1) is 0 Å². The zero-order valence-electron chi connectivity index (χ0n) is 12.0. The first-order valence-corrected chi connectivity index (χ1v) is 6.44. The van der Waals surface area contributed by atoms with Crippen LogP contribution in [0.3, 0.4) is 0 Å². The average Bonchev–Trinajstić information content (AvgIpc) is 2.62. The first-order valence-electron chi connectivity index (χ1n) is 6.44. The second-order valence-electron chi connectivity index (χ2n) is 4.88. The largest absolute Gasteiger partial charge is 0.485 e. The van der Waals surface area contributed by atoms with E-state index >= 15 is 0 Å². The summed E-state index contributed by atoms with van der Waals surface area (Å²) in [5, 5.41) is 4.35. The zero-order chi connectivity index (χ0) is 14.0. The maximum Gasteiger partial charge on any atom is 0.163 e. The summed E-state index contributed by atoms with van der Waals surface area (Å²) in [6.45, 7) is 7.19. The Labute approximate surface area is 114 Å². The molecule has 1 aromatic heterocycles. The summed E-state index contributed by atoms with van der Waals surface area (Å²) in [5.74, 6) is 0.879. The SMILES string of the molecule is Cc1cc(CN)ccc1COc1c(C)nn(C)c1C. The first-order chi connectivity index (χ1) is 9.02. The Balaban J connectivity index is 2.14. The predicted octanol–water partition coefficient (Wildman–Crippen LogP) is 2.38. The molecule has 0 aliphatic carbocycles. The molecule has 0 aliphatic rings. The fourth-order valence-electron chi connectivity index (χ4n) is 2.16. The van der Waals surface area contributed by atoms with E-state index in [9.17, 15) is 0 Å². The summed E-state index contributed by atoms with van der Waals surface area (Å²) in [6.07, 6.45) is 0. The summed E-state index contributed by atoms with van der Waals surface area (Å²) in [7, 11) is 1.93. The molecular formula is C15H21N3O. The van der Waals surface area contributed by atoms with Crippen LogP contribution in [0.4, 0.5) is 0 Å². The highest BCUT2D eigenvalue weighted by Crippen LogP contribution is 2.23. The molecule has 0 fully saturated rings. The van der Waals surface area contributed by atoms with Crippen molar-refractivity contribution in [3.8, 4) is 5.75 Å². The summed E-state index contributed by atoms with van der Waals surface area (Å²) < 4.78 is 7.76. The average molecular weight is 259 g/mol. The van der Waals surface area contributed by atoms with Gasteiger partial charge < -0.3 is 10.5 Å². The highest BCUT2D eigenvalue weighted by atomic mass is 16.5. The van der Waals surface area contributed by atoms with Crippen LogP contribution in [0.5, 0.6) is 5.75 Å². The predicted molar refractivity (Wildman–Crippen MR) is 76.1 cm³/mol. The maximum atomic E-state index is 5.91. The number of hydrogen-bond donors (Lipinski definition) is 1. The number of hydrogen-bond acceptors (Lipinski definition) is 3. The minimum Gasteiger partial charge on any atom is -0.485 e. The lowest BCUT2D eigenvalue weighted by Crippen LogP contribution is -2.02. The molecule has 4 heteroatoms. The number of rotatable bonds is 4. The summed E-state index contributed by atoms with van der Waals surface area (Å²) >= 11 is 0. The van der Waals surface area contributed by atoms with Crippen LogP contribution in [0.1, 0.15) is 28.1 Å². The van der Waals surface area contributed by atoms with E-state index in [1.165, 1.54) is 11.1 Å². The molecule has 0 bridgehead atoms. The molecule has 102 valence electrons. The van der Waals surface area contributed by atoms with Crippen molar-refractivity contribution in [1.82, 2.24) is 9.78 Å². The van der Waals surface area contributed by atoms with Gasteiger partial charge in [0.2, 0.25) is 0 Å². The first kappa shape index (κ1) is 13.6. The van der Waals surface area contributed by atoms with Gasteiger partial charge in [0.25, 0.3) is 0 Å². The summed E-state index contributed by atoms with van der Waals surface area (Å²) in [4.78, 5) is 0. The molecule has 0 saturated carbocycles. The Kier molecular flexibility index (Phi) is 3.90. The van der Waals surface area contributed by atoms with Crippen LogP contribution < -0.4 is 10.5 Å². The topological polar surface area (TPSA) is 53.1 Å². The fraction of sp³-hybridized carbons (Fsp3) is 0.400. The van der Waals surface area contributed by atoms with Crippen LogP contribution in [-0.4, -0.2) is 9.78 Å². The van der Waals surface area contributed by atoms with Gasteiger partial charge in [0, 0.05) is 13.6 Å². The third kappa shape index (κ3) is 2.79. The van der Waals surface area contributed by atoms with Crippen LogP contribution in [0.25, 0.3) is 0 Å². The minimum absolute atomic E-state index is 0.560. The van der Waals surface area contributed by atoms with Crippen LogP contribution >= 0.6 is 0 Å². The van der Waals surface area contributed by atoms with Gasteiger partial charge in [-0.05, 0) is 37.5 Å². The molecule has 2 rings (SSSR count). The Bertz CT molecular complexity index is 587. The second-order valence-corrected chi connectivity index (χ2v) is 4.88. The van der Waals surface area contributed by atoms with Crippen molar-refractivity contribution in [2.45, 2.75) is 33.9 Å². The molecular weight excluding hydrogens is 238 g/mol. The van der Waals surface area contributed by atoms with E-state index in [2.05, 4.69) is 30.2 Å². The molecule has 0 radical (unpaired) electrons. The summed E-state index contributed by atoms with van der Waals surface area (Å²) in [5.41, 5.74) is 11.1. The van der Waals surface area contributed by atoms with Crippen LogP contribution in [-0.2, 0) is 20.2 Å². The molecule has 0 atom stereocenters. The lowest BCUT2D eigenvalue weighted by Gasteiger charge is -2.10. The smallest absolute Gasteiger partial charge is 0.163 e. The number of aromatic nitrogens is 2. The van der Waals surface area contributed by atoms with Gasteiger partial charge >= 0.3 is 0 Å². The van der Waals surface area contributed by atoms with E-state index in [-0.39, 0.29) is 0 Å². The standard InChI is InChI=1S/C15H21N3O/c1-10-7-13(8-16)5-6-14(10)9-19-15-11(2)17-18(4)12(15)3/h5-7H,8-9,16H2,1-4H3. The number of ether oxygens (including phenoxy) is 1. The van der Waals surface area contributed by atoms with E-state index in [1.54, 1.807) is 0 Å². The maximum absolute atomic E-state index is 5.91. The lowest BCUT2D eigenvalue weighted by molar-refractivity contribution is 0.301. The van der Waals surface area contributed by atoms with Gasteiger partial charge in [-0.25, -0.2) is 0 Å². The molecule has 0 aliphatic heterocycles. The number of nitrogens with two attached hydrogens (primary N) is 1. The van der Waals surface area contributed by atoms with Crippen molar-refractivity contribution >= 4 is 0 Å². The van der Waals surface area contributed by atoms with Crippen LogP contribution in [0.15, 0.2) is 18.2 Å². The Morgan fingerprint density at radius 3 is 2.53 bits per heavy atom. The second kappa shape index (κ2) is 5.45. The van der Waals surface area contributed by atoms with Crippen molar-refractivity contribution in [1.29, 1.82) is 0 Å². The van der Waals surface area contributed by atoms with Gasteiger partial charge in [-0.3, -0.25) is 4.68 Å². The number of benzene rings is 1. The number of aryl methyl sites for hydroxylation is 3. The van der Waals surface area contributed by atoms with Gasteiger partial charge in [-0.2, -0.15) is 5.10 Å². The van der Waals surface area contributed by atoms with Crippen LogP contribution in [0.2, 0.25) is 0 Å². The lowest BCUT2D eigenvalue weighted by atomic mass is 10.1. The van der Waals surface area contributed by atoms with Crippen LogP contribution in [0, 0.1) is 20.8 Å². The zero-order valence-corrected chi connectivity index (χ0v) is 12.0. The normalized spacial score (nSPS) is 10.8. The highest BCUT2D eigenvalue weighted by molar-refractivity contribution is 5.34. The molecule has 2 N–H and O–H groups in total. The highest BCUT2D eigenvalue weighted by Gasteiger charge is 2.11. The molecule has 1 heterocycles. The molecule has 1 aromatic carbocycles. The molecule has 0 amide bonds. The molecule has 0 spiro atoms. The van der Waals surface area contributed by atoms with E-state index in [1.807, 2.05) is 25.6 Å². The molecule has 2 aromatic rings. The Hall–Kier alpha value is -1.81. The molecule has 0 saturated heterocycles. The van der Waals surface area contributed by atoms with Gasteiger partial charge in [0.15, 0.2) is 5.75 Å². The van der Waals surface area contributed by atoms with E-state index in [0.717, 1.165) is 22.7 Å². The van der Waals surface area contributed by atoms with Crippen molar-refractivity contribution in [2.75, 3.05) is 0 Å². The third-order valence-electron chi connectivity index (χ3n) is 3.46. The monoisotopic (exact) mass is 259 g/mol. The quantitative estimate of drug-likeness (QED) is 0.917. The van der Waals surface area contributed by atoms with Crippen molar-refractivity contribution in [3.63, 3.8) is 0 Å². The fourth-order valence-corrected chi connectivity index (χ4v) is 2.16. The van der Waals surface area contributed by atoms with E-state index in [4.69, 9.17) is 10.5 Å². The van der Waals surface area contributed by atoms with Crippen molar-refractivity contribution < 1.29 is 4.74 Å². The van der Waals surface area contributed by atoms with Gasteiger partial charge in [0.05, 0.1) is 5.69 Å². The van der Waals surface area contributed by atoms with Crippen molar-refractivity contribution in [2.24, 2.45) is 12.8 Å². The van der Waals surface area contributed by atoms with Gasteiger partial charge in [0.1, 0.15) is 12.3 Å². The molecule has 0 unspecified atom stereocenters. The molecule has 19 heavy (non-hydrogen) atoms. The minimum atomic E-state index is 0.560. The van der Waals surface area contributed by atoms with Gasteiger partial charge in [-0.1, -0.05) is 18.2 Å². The van der Waals surface area contributed by atoms with Crippen molar-refractivity contribution in [3.05, 3.63) is 46.3 Å². The van der Waals surface area contributed by atoms with E-state index < -0.39 is 0 Å². The summed E-state index contributed by atoms with van der Waals surface area (Å²) in [6, 6.07) is 6.24. The number of nitrogens with zero attached hydrogens (tertiary/aromatic N) is 2. The Morgan fingerprint density at radius 1 is 1.26 bits per heavy atom. The van der Waals surface area contributed by atoms with E-state index in [0.29, 0.717) is 13.2 Å². The molecule has 4 nitrogen and oxygen atoms in total. The third-order valence-corrected chi connectivity index (χ3v) is 3.46.